The van der Waals surface area contributed by atoms with E-state index in [4.69, 9.17) is 4.74 Å². The molecule has 0 saturated carbocycles. The van der Waals surface area contributed by atoms with Crippen molar-refractivity contribution in [2.75, 3.05) is 32.8 Å². The maximum Gasteiger partial charge on any atom is 0.320 e. The topological polar surface area (TPSA) is 49.9 Å². The monoisotopic (exact) mass is 284 g/mol. The summed E-state index contributed by atoms with van der Waals surface area (Å²) >= 11 is 0. The lowest BCUT2D eigenvalue weighted by Crippen LogP contribution is -2.45. The molecule has 1 heterocycles. The number of nitrogens with zero attached hydrogens (tertiary/aromatic N) is 2. The number of carbonyl (C=O) groups is 2. The van der Waals surface area contributed by atoms with Crippen LogP contribution in [0.15, 0.2) is 0 Å². The maximum atomic E-state index is 12.3. The molecule has 0 atom stereocenters. The van der Waals surface area contributed by atoms with Gasteiger partial charge >= 0.3 is 5.97 Å². The summed E-state index contributed by atoms with van der Waals surface area (Å²) in [7, 11) is 0. The zero-order valence-corrected chi connectivity index (χ0v) is 13.1. The van der Waals surface area contributed by atoms with Gasteiger partial charge in [-0.1, -0.05) is 12.8 Å². The van der Waals surface area contributed by atoms with E-state index in [0.717, 1.165) is 25.9 Å². The van der Waals surface area contributed by atoms with Crippen LogP contribution < -0.4 is 0 Å². The van der Waals surface area contributed by atoms with Gasteiger partial charge in [0.2, 0.25) is 5.91 Å². The third-order valence-electron chi connectivity index (χ3n) is 3.66. The first-order valence-corrected chi connectivity index (χ1v) is 7.72. The smallest absolute Gasteiger partial charge is 0.320 e. The molecular weight excluding hydrogens is 256 g/mol. The summed E-state index contributed by atoms with van der Waals surface area (Å²) in [5.41, 5.74) is 0. The molecule has 5 nitrogen and oxygen atoms in total. The number of amides is 1. The highest BCUT2D eigenvalue weighted by molar-refractivity contribution is 5.79. The number of likely N-dealkylation sites (tertiary alicyclic amines) is 1. The van der Waals surface area contributed by atoms with Crippen LogP contribution in [0.4, 0.5) is 0 Å². The second-order valence-electron chi connectivity index (χ2n) is 5.60. The summed E-state index contributed by atoms with van der Waals surface area (Å²) in [6, 6.07) is 0.148. The third-order valence-corrected chi connectivity index (χ3v) is 3.66. The summed E-state index contributed by atoms with van der Waals surface area (Å²) in [6.07, 6.45) is 4.59. The van der Waals surface area contributed by atoms with E-state index >= 15 is 0 Å². The molecule has 116 valence electrons. The predicted octanol–water partition coefficient (Wildman–Crippen LogP) is 1.66. The zero-order valence-electron chi connectivity index (χ0n) is 13.1. The highest BCUT2D eigenvalue weighted by Gasteiger charge is 2.22. The van der Waals surface area contributed by atoms with E-state index in [1.54, 1.807) is 6.92 Å². The van der Waals surface area contributed by atoms with Gasteiger partial charge in [-0.3, -0.25) is 14.5 Å². The van der Waals surface area contributed by atoms with Crippen LogP contribution in [0.2, 0.25) is 0 Å². The lowest BCUT2D eigenvalue weighted by atomic mass is 10.2. The van der Waals surface area contributed by atoms with Crippen LogP contribution in [0.1, 0.15) is 46.5 Å². The Balaban J connectivity index is 2.51. The van der Waals surface area contributed by atoms with Crippen molar-refractivity contribution >= 4 is 11.9 Å². The van der Waals surface area contributed by atoms with Crippen LogP contribution in [0.5, 0.6) is 0 Å². The lowest BCUT2D eigenvalue weighted by Gasteiger charge is -2.28. The molecule has 0 N–H and O–H groups in total. The molecule has 1 aliphatic heterocycles. The Kier molecular flexibility index (Phi) is 7.59. The highest BCUT2D eigenvalue weighted by Crippen LogP contribution is 2.10. The Morgan fingerprint density at radius 2 is 1.70 bits per heavy atom. The minimum atomic E-state index is -0.259. The lowest BCUT2D eigenvalue weighted by molar-refractivity contribution is -0.145. The molecule has 1 aliphatic rings. The fraction of sp³-hybridized carbons (Fsp3) is 0.867. The first kappa shape index (κ1) is 17.0. The van der Waals surface area contributed by atoms with Gasteiger partial charge in [0.1, 0.15) is 0 Å². The zero-order chi connectivity index (χ0) is 15.0. The van der Waals surface area contributed by atoms with Crippen LogP contribution in [-0.4, -0.2) is 60.5 Å². The van der Waals surface area contributed by atoms with E-state index in [1.165, 1.54) is 12.8 Å². The number of carbonyl (C=O) groups excluding carboxylic acids is 2. The van der Waals surface area contributed by atoms with Gasteiger partial charge < -0.3 is 9.64 Å². The highest BCUT2D eigenvalue weighted by atomic mass is 16.5. The molecule has 1 amide bonds. The van der Waals surface area contributed by atoms with E-state index in [0.29, 0.717) is 13.2 Å². The van der Waals surface area contributed by atoms with Crippen LogP contribution in [0.3, 0.4) is 0 Å². The van der Waals surface area contributed by atoms with E-state index in [2.05, 4.69) is 0 Å². The average Bonchev–Trinajstić information content (AvgIpc) is 2.66. The molecule has 0 aromatic rings. The van der Waals surface area contributed by atoms with Gasteiger partial charge in [0.05, 0.1) is 19.7 Å². The third kappa shape index (κ3) is 5.90. The van der Waals surface area contributed by atoms with Gasteiger partial charge in [0.25, 0.3) is 0 Å². The summed E-state index contributed by atoms with van der Waals surface area (Å²) in [5.74, 6) is -0.130. The molecule has 5 heteroatoms. The molecule has 0 unspecified atom stereocenters. The molecule has 1 rings (SSSR count). The number of hydrogen-bond donors (Lipinski definition) is 0. The summed E-state index contributed by atoms with van der Waals surface area (Å²) in [6.45, 7) is 8.35. The van der Waals surface area contributed by atoms with Crippen LogP contribution in [-0.2, 0) is 14.3 Å². The Morgan fingerprint density at radius 3 is 2.20 bits per heavy atom. The number of esters is 1. The molecule has 0 spiro atoms. The van der Waals surface area contributed by atoms with Crippen molar-refractivity contribution in [3.05, 3.63) is 0 Å². The number of rotatable bonds is 6. The van der Waals surface area contributed by atoms with Crippen molar-refractivity contribution in [2.45, 2.75) is 52.5 Å². The van der Waals surface area contributed by atoms with Crippen LogP contribution in [0, 0.1) is 0 Å². The largest absolute Gasteiger partial charge is 0.465 e. The normalized spacial score (nSPS) is 16.4. The van der Waals surface area contributed by atoms with Crippen molar-refractivity contribution in [1.82, 2.24) is 9.80 Å². The van der Waals surface area contributed by atoms with Gasteiger partial charge in [0, 0.05) is 19.1 Å². The minimum Gasteiger partial charge on any atom is -0.465 e. The second kappa shape index (κ2) is 8.95. The molecule has 0 aliphatic carbocycles. The van der Waals surface area contributed by atoms with Gasteiger partial charge in [0.15, 0.2) is 0 Å². The van der Waals surface area contributed by atoms with Crippen LogP contribution in [0.25, 0.3) is 0 Å². The fourth-order valence-corrected chi connectivity index (χ4v) is 2.39. The summed E-state index contributed by atoms with van der Waals surface area (Å²) in [4.78, 5) is 27.7. The Morgan fingerprint density at radius 1 is 1.10 bits per heavy atom. The van der Waals surface area contributed by atoms with E-state index in [-0.39, 0.29) is 24.5 Å². The van der Waals surface area contributed by atoms with E-state index in [1.807, 2.05) is 23.6 Å². The fourth-order valence-electron chi connectivity index (χ4n) is 2.39. The standard InChI is InChI=1S/C15H28N2O3/c1-4-20-15(19)12-17(13(2)3)11-14(18)16-9-7-5-6-8-10-16/h13H,4-12H2,1-3H3. The number of ether oxygens (including phenoxy) is 1. The van der Waals surface area contributed by atoms with Crippen molar-refractivity contribution in [2.24, 2.45) is 0 Å². The van der Waals surface area contributed by atoms with Gasteiger partial charge in [-0.25, -0.2) is 0 Å². The first-order valence-electron chi connectivity index (χ1n) is 7.72. The number of hydrogen-bond acceptors (Lipinski definition) is 4. The maximum absolute atomic E-state index is 12.3. The molecular formula is C15H28N2O3. The van der Waals surface area contributed by atoms with Gasteiger partial charge in [-0.05, 0) is 33.6 Å². The molecule has 20 heavy (non-hydrogen) atoms. The van der Waals surface area contributed by atoms with Crippen molar-refractivity contribution < 1.29 is 14.3 Å². The Bertz CT molecular complexity index is 310. The van der Waals surface area contributed by atoms with Crippen molar-refractivity contribution in [1.29, 1.82) is 0 Å². The van der Waals surface area contributed by atoms with Crippen molar-refractivity contribution in [3.8, 4) is 0 Å². The summed E-state index contributed by atoms with van der Waals surface area (Å²) in [5, 5.41) is 0. The minimum absolute atomic E-state index is 0.130. The van der Waals surface area contributed by atoms with Gasteiger partial charge in [-0.2, -0.15) is 0 Å². The van der Waals surface area contributed by atoms with E-state index in [9.17, 15) is 9.59 Å². The van der Waals surface area contributed by atoms with Crippen LogP contribution >= 0.6 is 0 Å². The molecule has 1 fully saturated rings. The molecule has 0 bridgehead atoms. The molecule has 0 aromatic carbocycles. The average molecular weight is 284 g/mol. The second-order valence-corrected chi connectivity index (χ2v) is 5.60. The van der Waals surface area contributed by atoms with Gasteiger partial charge in [-0.15, -0.1) is 0 Å². The summed E-state index contributed by atoms with van der Waals surface area (Å²) < 4.78 is 4.96. The van der Waals surface area contributed by atoms with Crippen molar-refractivity contribution in [3.63, 3.8) is 0 Å². The Hall–Kier alpha value is -1.10. The molecule has 0 radical (unpaired) electrons. The first-order chi connectivity index (χ1) is 9.54. The quantitative estimate of drug-likeness (QED) is 0.696. The van der Waals surface area contributed by atoms with E-state index < -0.39 is 0 Å². The molecule has 0 aromatic heterocycles. The molecule has 1 saturated heterocycles. The SMILES string of the molecule is CCOC(=O)CN(CC(=O)N1CCCCCC1)C(C)C. The predicted molar refractivity (Wildman–Crippen MR) is 78.4 cm³/mol. The Labute approximate surface area is 122 Å².